The van der Waals surface area contributed by atoms with Crippen molar-refractivity contribution in [1.29, 1.82) is 0 Å². The first-order chi connectivity index (χ1) is 11.8. The topological polar surface area (TPSA) is 32.8 Å². The lowest BCUT2D eigenvalue weighted by Gasteiger charge is -2.33. The van der Waals surface area contributed by atoms with Gasteiger partial charge in [-0.2, -0.15) is 0 Å². The molecule has 0 saturated carbocycles. The van der Waals surface area contributed by atoms with Crippen molar-refractivity contribution in [2.45, 2.75) is 58.1 Å². The molecule has 0 aliphatic carbocycles. The van der Waals surface area contributed by atoms with Crippen LogP contribution in [0, 0.1) is 0 Å². The number of hydrogen-bond donors (Lipinski definition) is 0. The first-order valence-corrected chi connectivity index (χ1v) is 9.58. The minimum Gasteiger partial charge on any atom is -0.376 e. The smallest absolute Gasteiger partial charge is 0.237 e. The second-order valence-corrected chi connectivity index (χ2v) is 8.53. The number of amides is 1. The maximum Gasteiger partial charge on any atom is 0.237 e. The molecule has 2 fully saturated rings. The van der Waals surface area contributed by atoms with E-state index in [1.807, 2.05) is 0 Å². The molecule has 2 aliphatic heterocycles. The zero-order chi connectivity index (χ0) is 18.0. The number of hydrogen-bond acceptors (Lipinski definition) is 3. The van der Waals surface area contributed by atoms with Crippen molar-refractivity contribution in [1.82, 2.24) is 9.80 Å². The second-order valence-electron chi connectivity index (χ2n) is 8.53. The summed E-state index contributed by atoms with van der Waals surface area (Å²) >= 11 is 0. The third-order valence-electron chi connectivity index (χ3n) is 5.42. The van der Waals surface area contributed by atoms with E-state index in [-0.39, 0.29) is 23.5 Å². The van der Waals surface area contributed by atoms with Gasteiger partial charge in [0, 0.05) is 19.6 Å². The molecule has 0 aromatic heterocycles. The van der Waals surface area contributed by atoms with E-state index in [0.717, 1.165) is 39.1 Å². The summed E-state index contributed by atoms with van der Waals surface area (Å²) < 4.78 is 5.58. The van der Waals surface area contributed by atoms with Crippen molar-refractivity contribution in [2.75, 3.05) is 32.8 Å². The Bertz CT molecular complexity index is 591. The largest absolute Gasteiger partial charge is 0.376 e. The second kappa shape index (κ2) is 7.46. The van der Waals surface area contributed by atoms with Gasteiger partial charge in [-0.15, -0.1) is 0 Å². The summed E-state index contributed by atoms with van der Waals surface area (Å²) in [6.45, 7) is 12.6. The molecule has 138 valence electrons. The molecule has 4 heteroatoms. The summed E-state index contributed by atoms with van der Waals surface area (Å²) in [7, 11) is 0. The Morgan fingerprint density at radius 3 is 2.56 bits per heavy atom. The highest BCUT2D eigenvalue weighted by molar-refractivity contribution is 5.79. The van der Waals surface area contributed by atoms with E-state index >= 15 is 0 Å². The molecule has 3 rings (SSSR count). The fourth-order valence-electron chi connectivity index (χ4n) is 3.93. The number of benzene rings is 1. The van der Waals surface area contributed by atoms with Crippen molar-refractivity contribution >= 4 is 5.91 Å². The molecule has 1 aromatic carbocycles. The quantitative estimate of drug-likeness (QED) is 0.843. The van der Waals surface area contributed by atoms with E-state index in [1.165, 1.54) is 11.1 Å². The molecular formula is C21H32N2O2. The highest BCUT2D eigenvalue weighted by Gasteiger charge is 2.31. The third-order valence-corrected chi connectivity index (χ3v) is 5.42. The highest BCUT2D eigenvalue weighted by Crippen LogP contribution is 2.33. The Labute approximate surface area is 152 Å². The minimum absolute atomic E-state index is 0.163. The number of nitrogens with zero attached hydrogens (tertiary/aromatic N) is 2. The molecule has 2 heterocycles. The Balaban J connectivity index is 1.66. The van der Waals surface area contributed by atoms with E-state index in [1.54, 1.807) is 0 Å². The van der Waals surface area contributed by atoms with E-state index in [0.29, 0.717) is 6.54 Å². The Morgan fingerprint density at radius 2 is 1.92 bits per heavy atom. The Kier molecular flexibility index (Phi) is 5.49. The molecular weight excluding hydrogens is 312 g/mol. The fourth-order valence-corrected chi connectivity index (χ4v) is 3.93. The summed E-state index contributed by atoms with van der Waals surface area (Å²) in [6.07, 6.45) is 2.39. The van der Waals surface area contributed by atoms with E-state index in [2.05, 4.69) is 61.8 Å². The van der Waals surface area contributed by atoms with Crippen LogP contribution in [0.1, 0.15) is 57.7 Å². The van der Waals surface area contributed by atoms with Crippen LogP contribution in [0.3, 0.4) is 0 Å². The van der Waals surface area contributed by atoms with Gasteiger partial charge < -0.3 is 9.64 Å². The van der Waals surface area contributed by atoms with Gasteiger partial charge in [-0.1, -0.05) is 45.0 Å². The summed E-state index contributed by atoms with van der Waals surface area (Å²) in [6, 6.07) is 9.11. The molecule has 2 unspecified atom stereocenters. The van der Waals surface area contributed by atoms with Gasteiger partial charge >= 0.3 is 0 Å². The molecule has 0 radical (unpaired) electrons. The number of carbonyl (C=O) groups is 1. The lowest BCUT2D eigenvalue weighted by Crippen LogP contribution is -2.47. The Hall–Kier alpha value is -1.39. The van der Waals surface area contributed by atoms with Crippen molar-refractivity contribution in [2.24, 2.45) is 0 Å². The van der Waals surface area contributed by atoms with Gasteiger partial charge in [-0.3, -0.25) is 9.69 Å². The van der Waals surface area contributed by atoms with Crippen molar-refractivity contribution < 1.29 is 9.53 Å². The fraction of sp³-hybridized carbons (Fsp3) is 0.667. The number of ether oxygens (including phenoxy) is 1. The van der Waals surface area contributed by atoms with Gasteiger partial charge in [0.05, 0.1) is 25.3 Å². The lowest BCUT2D eigenvalue weighted by molar-refractivity contribution is -0.135. The van der Waals surface area contributed by atoms with Crippen LogP contribution in [-0.2, 0) is 14.9 Å². The van der Waals surface area contributed by atoms with Gasteiger partial charge in [-0.05, 0) is 36.3 Å². The number of morpholine rings is 1. The molecule has 25 heavy (non-hydrogen) atoms. The van der Waals surface area contributed by atoms with Gasteiger partial charge in [0.1, 0.15) is 0 Å². The summed E-state index contributed by atoms with van der Waals surface area (Å²) in [5.41, 5.74) is 2.78. The number of carbonyl (C=O) groups excluding carboxylic acids is 1. The lowest BCUT2D eigenvalue weighted by atomic mass is 9.86. The molecule has 0 spiro atoms. The van der Waals surface area contributed by atoms with Crippen molar-refractivity contribution in [3.63, 3.8) is 0 Å². The molecule has 2 aliphatic rings. The first-order valence-electron chi connectivity index (χ1n) is 9.58. The SMILES string of the molecule is CC1CN(CC(=O)N2CCCC2c2ccc(C(C)(C)C)cc2)CCO1. The van der Waals surface area contributed by atoms with Crippen LogP contribution in [0.5, 0.6) is 0 Å². The van der Waals surface area contributed by atoms with E-state index in [9.17, 15) is 4.79 Å². The normalized spacial score (nSPS) is 25.4. The predicted molar refractivity (Wildman–Crippen MR) is 101 cm³/mol. The van der Waals surface area contributed by atoms with Crippen LogP contribution in [0.4, 0.5) is 0 Å². The molecule has 2 saturated heterocycles. The van der Waals surface area contributed by atoms with Crippen molar-refractivity contribution in [3.05, 3.63) is 35.4 Å². The zero-order valence-electron chi connectivity index (χ0n) is 16.1. The molecule has 1 amide bonds. The summed E-state index contributed by atoms with van der Waals surface area (Å²) in [5.74, 6) is 0.261. The maximum atomic E-state index is 12.9. The third kappa shape index (κ3) is 4.42. The average molecular weight is 344 g/mol. The standard InChI is InChI=1S/C21H32N2O2/c1-16-14-22(12-13-25-16)15-20(24)23-11-5-6-19(23)17-7-9-18(10-8-17)21(2,3)4/h7-10,16,19H,5-6,11-15H2,1-4H3. The van der Waals surface area contributed by atoms with Crippen LogP contribution < -0.4 is 0 Å². The molecule has 0 bridgehead atoms. The van der Waals surface area contributed by atoms with E-state index < -0.39 is 0 Å². The average Bonchev–Trinajstić information content (AvgIpc) is 3.04. The van der Waals surface area contributed by atoms with Gasteiger partial charge in [-0.25, -0.2) is 0 Å². The highest BCUT2D eigenvalue weighted by atomic mass is 16.5. The van der Waals surface area contributed by atoms with Crippen LogP contribution in [0.15, 0.2) is 24.3 Å². The molecule has 2 atom stereocenters. The molecule has 4 nitrogen and oxygen atoms in total. The van der Waals surface area contributed by atoms with Crippen LogP contribution in [0.2, 0.25) is 0 Å². The number of rotatable bonds is 3. The first kappa shape index (κ1) is 18.4. The zero-order valence-corrected chi connectivity index (χ0v) is 16.1. The van der Waals surface area contributed by atoms with Gasteiger partial charge in [0.25, 0.3) is 0 Å². The van der Waals surface area contributed by atoms with Crippen LogP contribution >= 0.6 is 0 Å². The molecule has 0 N–H and O–H groups in total. The van der Waals surface area contributed by atoms with Crippen LogP contribution in [-0.4, -0.2) is 54.6 Å². The summed E-state index contributed by atoms with van der Waals surface area (Å²) in [4.78, 5) is 17.2. The molecule has 1 aromatic rings. The minimum atomic E-state index is 0.163. The Morgan fingerprint density at radius 1 is 1.20 bits per heavy atom. The monoisotopic (exact) mass is 344 g/mol. The van der Waals surface area contributed by atoms with E-state index in [4.69, 9.17) is 4.74 Å². The van der Waals surface area contributed by atoms with Crippen LogP contribution in [0.25, 0.3) is 0 Å². The number of likely N-dealkylation sites (tertiary alicyclic amines) is 1. The van der Waals surface area contributed by atoms with Crippen molar-refractivity contribution in [3.8, 4) is 0 Å². The van der Waals surface area contributed by atoms with Gasteiger partial charge in [0.15, 0.2) is 0 Å². The maximum absolute atomic E-state index is 12.9. The summed E-state index contributed by atoms with van der Waals surface area (Å²) in [5, 5.41) is 0. The predicted octanol–water partition coefficient (Wildman–Crippen LogP) is 3.37. The van der Waals surface area contributed by atoms with Gasteiger partial charge in [0.2, 0.25) is 5.91 Å².